The van der Waals surface area contributed by atoms with Gasteiger partial charge in [-0.15, -0.1) is 0 Å². The molecule has 21 heavy (non-hydrogen) atoms. The minimum atomic E-state index is 0.0770. The van der Waals surface area contributed by atoms with Gasteiger partial charge in [0.15, 0.2) is 0 Å². The first-order valence-corrected chi connectivity index (χ1v) is 7.93. The van der Waals surface area contributed by atoms with Gasteiger partial charge in [-0.05, 0) is 56.8 Å². The lowest BCUT2D eigenvalue weighted by Gasteiger charge is -2.36. The Kier molecular flexibility index (Phi) is 6.03. The molecule has 3 atom stereocenters. The molecule has 1 aromatic rings. The molecule has 0 radical (unpaired) electrons. The summed E-state index contributed by atoms with van der Waals surface area (Å²) in [6, 6.07) is 9.10. The van der Waals surface area contributed by atoms with Crippen molar-refractivity contribution in [1.82, 2.24) is 4.90 Å². The van der Waals surface area contributed by atoms with E-state index in [1.165, 1.54) is 18.4 Å². The Hall–Kier alpha value is -1.10. The lowest BCUT2D eigenvalue weighted by Crippen LogP contribution is -2.42. The first-order valence-electron chi connectivity index (χ1n) is 7.93. The third-order valence-corrected chi connectivity index (χ3v) is 4.43. The van der Waals surface area contributed by atoms with Crippen LogP contribution in [0.1, 0.15) is 44.2 Å². The maximum absolute atomic E-state index is 9.08. The Bertz CT molecular complexity index is 419. The van der Waals surface area contributed by atoms with E-state index in [9.17, 15) is 0 Å². The zero-order valence-electron chi connectivity index (χ0n) is 13.2. The lowest BCUT2D eigenvalue weighted by atomic mass is 9.97. The van der Waals surface area contributed by atoms with Gasteiger partial charge < -0.3 is 15.6 Å². The van der Waals surface area contributed by atoms with Crippen LogP contribution in [-0.2, 0) is 0 Å². The molecule has 1 saturated heterocycles. The number of aliphatic hydroxyl groups excluding tert-OH is 1. The van der Waals surface area contributed by atoms with Crippen molar-refractivity contribution in [3.8, 4) is 5.75 Å². The first-order chi connectivity index (χ1) is 10.2. The van der Waals surface area contributed by atoms with Crippen LogP contribution in [0.15, 0.2) is 24.3 Å². The van der Waals surface area contributed by atoms with E-state index in [0.717, 1.165) is 25.1 Å². The zero-order valence-corrected chi connectivity index (χ0v) is 13.2. The monoisotopic (exact) mass is 292 g/mol. The summed E-state index contributed by atoms with van der Waals surface area (Å²) < 4.78 is 5.24. The Morgan fingerprint density at radius 2 is 2.10 bits per heavy atom. The maximum Gasteiger partial charge on any atom is 0.118 e. The highest BCUT2D eigenvalue weighted by Crippen LogP contribution is 2.33. The summed E-state index contributed by atoms with van der Waals surface area (Å²) in [5.41, 5.74) is 7.54. The summed E-state index contributed by atoms with van der Waals surface area (Å²) in [6.07, 6.45) is 4.35. The molecule has 1 aliphatic rings. The maximum atomic E-state index is 9.08. The van der Waals surface area contributed by atoms with Crippen molar-refractivity contribution in [1.29, 1.82) is 0 Å². The molecule has 4 heteroatoms. The van der Waals surface area contributed by atoms with Gasteiger partial charge in [-0.25, -0.2) is 0 Å². The van der Waals surface area contributed by atoms with Gasteiger partial charge in [0.05, 0.1) is 7.11 Å². The van der Waals surface area contributed by atoms with Gasteiger partial charge in [0.25, 0.3) is 0 Å². The molecular weight excluding hydrogens is 264 g/mol. The van der Waals surface area contributed by atoms with Crippen molar-refractivity contribution < 1.29 is 9.84 Å². The number of benzene rings is 1. The van der Waals surface area contributed by atoms with E-state index in [1.54, 1.807) is 7.11 Å². The molecule has 3 N–H and O–H groups in total. The van der Waals surface area contributed by atoms with E-state index in [2.05, 4.69) is 24.0 Å². The number of aliphatic hydroxyl groups is 1. The number of hydrogen-bond acceptors (Lipinski definition) is 4. The van der Waals surface area contributed by atoms with E-state index in [-0.39, 0.29) is 18.7 Å². The zero-order chi connectivity index (χ0) is 15.2. The van der Waals surface area contributed by atoms with E-state index in [4.69, 9.17) is 15.6 Å². The van der Waals surface area contributed by atoms with E-state index < -0.39 is 0 Å². The van der Waals surface area contributed by atoms with Gasteiger partial charge in [-0.2, -0.15) is 0 Å². The molecule has 0 aliphatic carbocycles. The summed E-state index contributed by atoms with van der Waals surface area (Å²) in [7, 11) is 1.68. The first kappa shape index (κ1) is 16.3. The lowest BCUT2D eigenvalue weighted by molar-refractivity contribution is 0.145. The fraction of sp³-hybridized carbons (Fsp3) is 0.647. The summed E-state index contributed by atoms with van der Waals surface area (Å²) in [6.45, 7) is 3.44. The minimum absolute atomic E-state index is 0.0770. The largest absolute Gasteiger partial charge is 0.497 e. The molecule has 118 valence electrons. The average Bonchev–Trinajstić information content (AvgIpc) is 2.94. The van der Waals surface area contributed by atoms with Gasteiger partial charge >= 0.3 is 0 Å². The van der Waals surface area contributed by atoms with Crippen LogP contribution < -0.4 is 10.5 Å². The van der Waals surface area contributed by atoms with Crippen molar-refractivity contribution >= 4 is 0 Å². The Balaban J connectivity index is 2.16. The number of hydrogen-bond donors (Lipinski definition) is 2. The van der Waals surface area contributed by atoms with Crippen LogP contribution in [0.2, 0.25) is 0 Å². The van der Waals surface area contributed by atoms with Crippen molar-refractivity contribution in [2.75, 3.05) is 20.3 Å². The molecule has 1 fully saturated rings. The van der Waals surface area contributed by atoms with Crippen LogP contribution in [0.25, 0.3) is 0 Å². The molecule has 1 aliphatic heterocycles. The van der Waals surface area contributed by atoms with Crippen molar-refractivity contribution in [3.05, 3.63) is 29.8 Å². The summed E-state index contributed by atoms with van der Waals surface area (Å²) in [5.74, 6) is 0.875. The average molecular weight is 292 g/mol. The van der Waals surface area contributed by atoms with Crippen LogP contribution in [0.4, 0.5) is 0 Å². The smallest absolute Gasteiger partial charge is 0.118 e. The molecular formula is C17H28N2O2. The highest BCUT2D eigenvalue weighted by atomic mass is 16.5. The third-order valence-electron chi connectivity index (χ3n) is 4.43. The SMILES string of the molecule is COc1ccc(C(C(C)N)N2CCCC2CCCO)cc1. The molecule has 3 unspecified atom stereocenters. The molecule has 0 spiro atoms. The van der Waals surface area contributed by atoms with Crippen molar-refractivity contribution in [2.45, 2.75) is 50.7 Å². The Morgan fingerprint density at radius 1 is 1.38 bits per heavy atom. The number of nitrogens with two attached hydrogens (primary N) is 1. The minimum Gasteiger partial charge on any atom is -0.497 e. The highest BCUT2D eigenvalue weighted by Gasteiger charge is 2.33. The topological polar surface area (TPSA) is 58.7 Å². The summed E-state index contributed by atoms with van der Waals surface area (Å²) in [4.78, 5) is 2.53. The molecule has 4 nitrogen and oxygen atoms in total. The quantitative estimate of drug-likeness (QED) is 0.810. The van der Waals surface area contributed by atoms with Crippen LogP contribution in [0.5, 0.6) is 5.75 Å². The number of methoxy groups -OCH3 is 1. The molecule has 0 aromatic heterocycles. The fourth-order valence-corrected chi connectivity index (χ4v) is 3.46. The van der Waals surface area contributed by atoms with Gasteiger partial charge in [-0.1, -0.05) is 12.1 Å². The second-order valence-corrected chi connectivity index (χ2v) is 5.98. The third kappa shape index (κ3) is 3.96. The van der Waals surface area contributed by atoms with Crippen LogP contribution in [0, 0.1) is 0 Å². The molecule has 0 amide bonds. The van der Waals surface area contributed by atoms with Crippen molar-refractivity contribution in [2.24, 2.45) is 5.73 Å². The van der Waals surface area contributed by atoms with Gasteiger partial charge in [-0.3, -0.25) is 4.90 Å². The predicted molar refractivity (Wildman–Crippen MR) is 85.4 cm³/mol. The van der Waals surface area contributed by atoms with E-state index in [1.807, 2.05) is 12.1 Å². The number of nitrogens with zero attached hydrogens (tertiary/aromatic N) is 1. The fourth-order valence-electron chi connectivity index (χ4n) is 3.46. The molecule has 1 aromatic carbocycles. The summed E-state index contributed by atoms with van der Waals surface area (Å²) in [5, 5.41) is 9.08. The van der Waals surface area contributed by atoms with Crippen LogP contribution in [0.3, 0.4) is 0 Å². The standard InChI is InChI=1S/C17H28N2O2/c1-13(18)17(14-7-9-16(21-2)10-8-14)19-11-3-5-15(19)6-4-12-20/h7-10,13,15,17,20H,3-6,11-12,18H2,1-2H3. The number of likely N-dealkylation sites (tertiary alicyclic amines) is 1. The van der Waals surface area contributed by atoms with Gasteiger partial charge in [0.2, 0.25) is 0 Å². The Labute approximate surface area is 127 Å². The van der Waals surface area contributed by atoms with Crippen LogP contribution in [-0.4, -0.2) is 42.4 Å². The van der Waals surface area contributed by atoms with Gasteiger partial charge in [0, 0.05) is 24.7 Å². The second kappa shape index (κ2) is 7.78. The Morgan fingerprint density at radius 3 is 2.67 bits per heavy atom. The van der Waals surface area contributed by atoms with Crippen molar-refractivity contribution in [3.63, 3.8) is 0 Å². The second-order valence-electron chi connectivity index (χ2n) is 5.98. The number of rotatable bonds is 7. The van der Waals surface area contributed by atoms with Gasteiger partial charge in [0.1, 0.15) is 5.75 Å². The van der Waals surface area contributed by atoms with Crippen LogP contribution >= 0.6 is 0 Å². The molecule has 0 bridgehead atoms. The number of ether oxygens (including phenoxy) is 1. The molecule has 1 heterocycles. The normalized spacial score (nSPS) is 22.2. The predicted octanol–water partition coefficient (Wildman–Crippen LogP) is 2.32. The van der Waals surface area contributed by atoms with E-state index in [0.29, 0.717) is 6.04 Å². The van der Waals surface area contributed by atoms with E-state index >= 15 is 0 Å². The summed E-state index contributed by atoms with van der Waals surface area (Å²) >= 11 is 0. The molecule has 2 rings (SSSR count). The highest BCUT2D eigenvalue weighted by molar-refractivity contribution is 5.30. The molecule has 0 saturated carbocycles.